The molecule has 0 unspecified atom stereocenters. The van der Waals surface area contributed by atoms with Crippen LogP contribution in [0.15, 0.2) is 61.4 Å². The van der Waals surface area contributed by atoms with E-state index in [1.165, 1.54) is 6.08 Å². The van der Waals surface area contributed by atoms with E-state index in [0.717, 1.165) is 52.9 Å². The topological polar surface area (TPSA) is 78.3 Å². The van der Waals surface area contributed by atoms with E-state index in [1.54, 1.807) is 6.20 Å². The molecule has 9 heteroatoms. The number of likely N-dealkylation sites (N-methyl/N-ethyl adjacent to an activating group) is 2. The van der Waals surface area contributed by atoms with Crippen molar-refractivity contribution in [3.05, 3.63) is 72.0 Å². The summed E-state index contributed by atoms with van der Waals surface area (Å²) in [5.74, 6) is 0.144. The Hall–Kier alpha value is -3.88. The summed E-state index contributed by atoms with van der Waals surface area (Å²) in [6, 6.07) is 12.2. The third-order valence-electron chi connectivity index (χ3n) is 6.48. The number of amides is 1. The van der Waals surface area contributed by atoms with Crippen LogP contribution in [0, 0.1) is 0 Å². The lowest BCUT2D eigenvalue weighted by molar-refractivity contribution is -0.111. The number of halogens is 1. The molecule has 4 rings (SSSR count). The van der Waals surface area contributed by atoms with Crippen molar-refractivity contribution >= 4 is 51.4 Å². The van der Waals surface area contributed by atoms with Crippen molar-refractivity contribution in [1.29, 1.82) is 0 Å². The van der Waals surface area contributed by atoms with E-state index < -0.39 is 0 Å². The second-order valence-electron chi connectivity index (χ2n) is 9.48. The van der Waals surface area contributed by atoms with Gasteiger partial charge >= 0.3 is 0 Å². The zero-order chi connectivity index (χ0) is 27.4. The van der Waals surface area contributed by atoms with E-state index in [-0.39, 0.29) is 5.91 Å². The molecule has 1 amide bonds. The molecule has 2 heterocycles. The summed E-state index contributed by atoms with van der Waals surface area (Å²) in [5.41, 5.74) is 6.17. The number of anilines is 4. The summed E-state index contributed by atoms with van der Waals surface area (Å²) >= 11 is 6.58. The molecular formula is C29H34ClN7O. The Bertz CT molecular complexity index is 1480. The predicted molar refractivity (Wildman–Crippen MR) is 159 cm³/mol. The third-order valence-corrected chi connectivity index (χ3v) is 6.76. The molecule has 0 aliphatic rings. The second-order valence-corrected chi connectivity index (χ2v) is 9.89. The molecule has 8 nitrogen and oxygen atoms in total. The summed E-state index contributed by atoms with van der Waals surface area (Å²) < 4.78 is 2.06. The Morgan fingerprint density at radius 3 is 2.63 bits per heavy atom. The maximum Gasteiger partial charge on any atom is 0.247 e. The van der Waals surface area contributed by atoms with Crippen LogP contribution in [0.5, 0.6) is 0 Å². The van der Waals surface area contributed by atoms with Gasteiger partial charge in [0, 0.05) is 55.5 Å². The second kappa shape index (κ2) is 11.7. The molecule has 2 aromatic heterocycles. The molecule has 0 fully saturated rings. The molecular weight excluding hydrogens is 498 g/mol. The Labute approximate surface area is 228 Å². The van der Waals surface area contributed by atoms with Crippen LogP contribution in [0.4, 0.5) is 23.0 Å². The van der Waals surface area contributed by atoms with Crippen LogP contribution in [-0.2, 0) is 18.3 Å². The molecule has 0 radical (unpaired) electrons. The van der Waals surface area contributed by atoms with E-state index in [1.807, 2.05) is 52.6 Å². The molecule has 2 N–H and O–H groups in total. The van der Waals surface area contributed by atoms with E-state index in [9.17, 15) is 4.79 Å². The van der Waals surface area contributed by atoms with Gasteiger partial charge in [0.15, 0.2) is 0 Å². The molecule has 0 bridgehead atoms. The molecule has 0 aliphatic carbocycles. The quantitative estimate of drug-likeness (QED) is 0.255. The van der Waals surface area contributed by atoms with E-state index in [0.29, 0.717) is 22.4 Å². The molecule has 0 atom stereocenters. The van der Waals surface area contributed by atoms with Gasteiger partial charge in [0.05, 0.1) is 28.3 Å². The predicted octanol–water partition coefficient (Wildman–Crippen LogP) is 5.72. The summed E-state index contributed by atoms with van der Waals surface area (Å²) in [5, 5.41) is 7.87. The van der Waals surface area contributed by atoms with E-state index in [4.69, 9.17) is 16.6 Å². The third kappa shape index (κ3) is 5.82. The molecule has 0 saturated heterocycles. The fourth-order valence-electron chi connectivity index (χ4n) is 4.38. The highest BCUT2D eigenvalue weighted by molar-refractivity contribution is 6.33. The standard InChI is InChI=1S/C29H34ClN7O/c1-7-19-15-26(36(5)14-13-35(3)4)24(32-27(38)8-2)16-23(19)33-29-31-17-22(30)28(34-29)21-18-37(6)25-12-10-9-11-20(21)25/h8-12,15-18H,2,7,13-14H2,1,3-6H3,(H,32,38)(H,31,33,34). The molecule has 0 saturated carbocycles. The van der Waals surface area contributed by atoms with Crippen LogP contribution in [0.1, 0.15) is 12.5 Å². The first-order chi connectivity index (χ1) is 18.2. The number of rotatable bonds is 10. The SMILES string of the molecule is C=CC(=O)Nc1cc(Nc2ncc(Cl)c(-c3cn(C)c4ccccc34)n2)c(CC)cc1N(C)CCN(C)C. The highest BCUT2D eigenvalue weighted by atomic mass is 35.5. The highest BCUT2D eigenvalue weighted by Gasteiger charge is 2.17. The van der Waals surface area contributed by atoms with Crippen LogP contribution in [0.25, 0.3) is 22.2 Å². The minimum atomic E-state index is -0.275. The van der Waals surface area contributed by atoms with Crippen molar-refractivity contribution in [3.8, 4) is 11.3 Å². The number of nitrogens with zero attached hydrogens (tertiary/aromatic N) is 5. The van der Waals surface area contributed by atoms with Crippen LogP contribution in [-0.4, -0.2) is 59.6 Å². The van der Waals surface area contributed by atoms with Gasteiger partial charge in [-0.25, -0.2) is 9.97 Å². The Morgan fingerprint density at radius 2 is 1.92 bits per heavy atom. The van der Waals surface area contributed by atoms with Gasteiger partial charge in [-0.2, -0.15) is 0 Å². The maximum atomic E-state index is 12.3. The highest BCUT2D eigenvalue weighted by Crippen LogP contribution is 2.36. The first kappa shape index (κ1) is 27.2. The van der Waals surface area contributed by atoms with Gasteiger partial charge in [0.2, 0.25) is 11.9 Å². The Kier molecular flexibility index (Phi) is 8.34. The van der Waals surface area contributed by atoms with Crippen LogP contribution in [0.2, 0.25) is 5.02 Å². The van der Waals surface area contributed by atoms with Gasteiger partial charge in [-0.15, -0.1) is 0 Å². The number of carbonyl (C=O) groups excluding carboxylic acids is 1. The number of aryl methyl sites for hydroxylation is 2. The molecule has 0 spiro atoms. The average Bonchev–Trinajstić information content (AvgIpc) is 3.24. The number of nitrogens with one attached hydrogen (secondary N) is 2. The number of benzene rings is 2. The number of hydrogen-bond donors (Lipinski definition) is 2. The van der Waals surface area contributed by atoms with E-state index in [2.05, 4.69) is 61.7 Å². The van der Waals surface area contributed by atoms with Crippen molar-refractivity contribution in [1.82, 2.24) is 19.4 Å². The first-order valence-electron chi connectivity index (χ1n) is 12.5. The maximum absolute atomic E-state index is 12.3. The van der Waals surface area contributed by atoms with Crippen LogP contribution < -0.4 is 15.5 Å². The minimum absolute atomic E-state index is 0.275. The lowest BCUT2D eigenvalue weighted by atomic mass is 10.1. The van der Waals surface area contributed by atoms with Crippen molar-refractivity contribution < 1.29 is 4.79 Å². The van der Waals surface area contributed by atoms with Crippen molar-refractivity contribution in [2.24, 2.45) is 7.05 Å². The van der Waals surface area contributed by atoms with Gasteiger partial charge in [-0.1, -0.05) is 43.3 Å². The van der Waals surface area contributed by atoms with Crippen molar-refractivity contribution in [2.75, 3.05) is 49.8 Å². The Balaban J connectivity index is 1.74. The molecule has 2 aromatic carbocycles. The van der Waals surface area contributed by atoms with E-state index >= 15 is 0 Å². The summed E-state index contributed by atoms with van der Waals surface area (Å²) in [6.45, 7) is 7.37. The Morgan fingerprint density at radius 1 is 1.16 bits per heavy atom. The average molecular weight is 532 g/mol. The van der Waals surface area contributed by atoms with Crippen LogP contribution in [0.3, 0.4) is 0 Å². The van der Waals surface area contributed by atoms with Gasteiger partial charge in [-0.05, 0) is 50.4 Å². The number of fused-ring (bicyclic) bond motifs is 1. The smallest absolute Gasteiger partial charge is 0.247 e. The lowest BCUT2D eigenvalue weighted by Crippen LogP contribution is -2.29. The summed E-state index contributed by atoms with van der Waals surface area (Å²) in [4.78, 5) is 25.8. The fraction of sp³-hybridized carbons (Fsp3) is 0.276. The van der Waals surface area contributed by atoms with Gasteiger partial charge in [0.25, 0.3) is 0 Å². The number of hydrogen-bond acceptors (Lipinski definition) is 6. The lowest BCUT2D eigenvalue weighted by Gasteiger charge is -2.26. The monoisotopic (exact) mass is 531 g/mol. The minimum Gasteiger partial charge on any atom is -0.372 e. The van der Waals surface area contributed by atoms with Crippen molar-refractivity contribution in [2.45, 2.75) is 13.3 Å². The number of para-hydroxylation sites is 1. The fourth-order valence-corrected chi connectivity index (χ4v) is 4.57. The molecule has 0 aliphatic heterocycles. The first-order valence-corrected chi connectivity index (χ1v) is 12.9. The zero-order valence-corrected chi connectivity index (χ0v) is 23.3. The molecule has 38 heavy (non-hydrogen) atoms. The normalized spacial score (nSPS) is 11.1. The van der Waals surface area contributed by atoms with Gasteiger partial charge in [0.1, 0.15) is 0 Å². The van der Waals surface area contributed by atoms with Crippen LogP contribution >= 0.6 is 11.6 Å². The number of aromatic nitrogens is 3. The summed E-state index contributed by atoms with van der Waals surface area (Å²) in [6.07, 6.45) is 5.68. The van der Waals surface area contributed by atoms with Crippen molar-refractivity contribution in [3.63, 3.8) is 0 Å². The molecule has 4 aromatic rings. The number of carbonyl (C=O) groups is 1. The molecule has 198 valence electrons. The van der Waals surface area contributed by atoms with Gasteiger partial charge < -0.3 is 25.0 Å². The van der Waals surface area contributed by atoms with Gasteiger partial charge in [-0.3, -0.25) is 4.79 Å². The largest absolute Gasteiger partial charge is 0.372 e. The summed E-state index contributed by atoms with van der Waals surface area (Å²) in [7, 11) is 8.10. The zero-order valence-electron chi connectivity index (χ0n) is 22.5.